The number of benzene rings is 4. The van der Waals surface area contributed by atoms with Crippen molar-refractivity contribution in [2.24, 2.45) is 5.92 Å². The van der Waals surface area contributed by atoms with E-state index in [-0.39, 0.29) is 60.6 Å². The van der Waals surface area contributed by atoms with Gasteiger partial charge in [0, 0.05) is 55.4 Å². The van der Waals surface area contributed by atoms with Gasteiger partial charge in [-0.2, -0.15) is 22.0 Å². The molecule has 2 heterocycles. The largest absolute Gasteiger partial charge is 0.508 e. The number of phenolic OH excluding ortho intramolecular Hbond substituents is 2. The molecule has 5 atom stereocenters. The molecule has 378 valence electrons. The smallest absolute Gasteiger partial charge is 0.453 e. The fraction of sp³-hybridized carbons (Fsp3) is 0.500. The van der Waals surface area contributed by atoms with Crippen LogP contribution in [-0.4, -0.2) is 74.4 Å². The number of carboxylic acid groups (broad SMARTS) is 1. The van der Waals surface area contributed by atoms with Crippen molar-refractivity contribution in [1.29, 1.82) is 0 Å². The fourth-order valence-corrected chi connectivity index (χ4v) is 9.47. The summed E-state index contributed by atoms with van der Waals surface area (Å²) in [6, 6.07) is 26.5. The van der Waals surface area contributed by atoms with Gasteiger partial charge in [0.1, 0.15) is 34.5 Å². The van der Waals surface area contributed by atoms with Crippen LogP contribution in [0.2, 0.25) is 0 Å². The van der Waals surface area contributed by atoms with E-state index >= 15 is 0 Å². The molecule has 4 aromatic rings. The first-order valence-corrected chi connectivity index (χ1v) is 23.5. The third-order valence-electron chi connectivity index (χ3n) is 13.6. The van der Waals surface area contributed by atoms with E-state index in [9.17, 15) is 42.1 Å². The maximum absolute atomic E-state index is 13.1. The zero-order valence-corrected chi connectivity index (χ0v) is 40.0. The van der Waals surface area contributed by atoms with Crippen molar-refractivity contribution in [2.75, 3.05) is 41.0 Å². The normalized spacial score (nSPS) is 20.2. The van der Waals surface area contributed by atoms with Crippen molar-refractivity contribution in [3.8, 4) is 34.5 Å². The van der Waals surface area contributed by atoms with Gasteiger partial charge in [-0.05, 0) is 90.8 Å². The Kier molecular flexibility index (Phi) is 19.6. The van der Waals surface area contributed by atoms with Gasteiger partial charge in [0.05, 0.1) is 19.1 Å². The SMILES string of the molecule is C=CC[C@@H]1c2ccc(OCOC)cc2OC[C@]1(C)c1ccc(OCOC)cc1.C[C@]1(c2ccc(O)cc2)COc2cc(O)ccc2[C@H]1CCCCCCCCC(CCCC(F)(F)C(F)(F)F)C(=O)O. The van der Waals surface area contributed by atoms with E-state index in [4.69, 9.17) is 28.4 Å². The van der Waals surface area contributed by atoms with Gasteiger partial charge < -0.3 is 43.7 Å². The Morgan fingerprint density at radius 1 is 0.696 bits per heavy atom. The fourth-order valence-electron chi connectivity index (χ4n) is 9.47. The molecule has 1 unspecified atom stereocenters. The maximum Gasteiger partial charge on any atom is 0.453 e. The number of alkyl halides is 5. The Morgan fingerprint density at radius 3 is 1.78 bits per heavy atom. The van der Waals surface area contributed by atoms with Gasteiger partial charge in [0.2, 0.25) is 0 Å². The van der Waals surface area contributed by atoms with Crippen LogP contribution in [0.3, 0.4) is 0 Å². The first-order chi connectivity index (χ1) is 32.9. The Hall–Kier alpha value is -5.54. The lowest BCUT2D eigenvalue weighted by atomic mass is 9.66. The van der Waals surface area contributed by atoms with Crippen LogP contribution >= 0.6 is 0 Å². The van der Waals surface area contributed by atoms with Crippen molar-refractivity contribution >= 4 is 5.97 Å². The lowest BCUT2D eigenvalue weighted by molar-refractivity contribution is -0.284. The monoisotopic (exact) mass is 970 g/mol. The molecule has 0 aromatic heterocycles. The minimum absolute atomic E-state index is 0.123. The standard InChI is InChI=1S/C31H39F5O5.C23H28O5/c1-29(22-12-14-23(37)15-13-22)20-41-27-19-24(38)16-17-25(27)26(29)11-7-5-3-2-4-6-9-21(28(39)40)10-8-18-30(32,33)31(34,35)36;1-5-6-21-20-12-11-19(28-16-25-4)13-22(20)26-14-23(21,2)17-7-9-18(10-8-17)27-15-24-3/h12-17,19,21,26,37-38H,2-11,18,20H2,1H3,(H,39,40);5,7-13,21H,1,6,14-16H2,2-4H3/t21?,26-,29-;21-,23-/m11/s1. The zero-order chi connectivity index (χ0) is 50.2. The minimum atomic E-state index is -5.62. The summed E-state index contributed by atoms with van der Waals surface area (Å²) in [6.07, 6.45) is 1.25. The Morgan fingerprint density at radius 2 is 1.19 bits per heavy atom. The van der Waals surface area contributed by atoms with Crippen molar-refractivity contribution in [3.05, 3.63) is 120 Å². The molecule has 69 heavy (non-hydrogen) atoms. The third kappa shape index (κ3) is 14.3. The number of halogens is 5. The molecule has 3 N–H and O–H groups in total. The van der Waals surface area contributed by atoms with Crippen LogP contribution in [0.5, 0.6) is 34.5 Å². The van der Waals surface area contributed by atoms with Crippen LogP contribution in [0, 0.1) is 5.92 Å². The summed E-state index contributed by atoms with van der Waals surface area (Å²) >= 11 is 0. The molecule has 0 aliphatic carbocycles. The number of aliphatic carboxylic acids is 1. The highest BCUT2D eigenvalue weighted by molar-refractivity contribution is 5.69. The predicted octanol–water partition coefficient (Wildman–Crippen LogP) is 13.4. The molecule has 0 amide bonds. The summed E-state index contributed by atoms with van der Waals surface area (Å²) in [5.74, 6) is -3.15. The van der Waals surface area contributed by atoms with Gasteiger partial charge in [-0.15, -0.1) is 6.58 Å². The Labute approximate surface area is 402 Å². The van der Waals surface area contributed by atoms with Crippen LogP contribution < -0.4 is 18.9 Å². The highest BCUT2D eigenvalue weighted by Crippen LogP contribution is 2.51. The van der Waals surface area contributed by atoms with E-state index in [2.05, 4.69) is 38.6 Å². The number of aromatic hydroxyl groups is 2. The average Bonchev–Trinajstić information content (AvgIpc) is 3.32. The Bertz CT molecular complexity index is 2230. The molecule has 2 aliphatic heterocycles. The molecule has 10 nitrogen and oxygen atoms in total. The second kappa shape index (κ2) is 24.8. The molecule has 0 spiro atoms. The van der Waals surface area contributed by atoms with Crippen LogP contribution in [0.15, 0.2) is 97.6 Å². The summed E-state index contributed by atoms with van der Waals surface area (Å²) in [6.45, 7) is 9.81. The first kappa shape index (κ1) is 54.4. The molecular weight excluding hydrogens is 904 g/mol. The van der Waals surface area contributed by atoms with Crippen molar-refractivity contribution in [1.82, 2.24) is 0 Å². The van der Waals surface area contributed by atoms with Gasteiger partial charge in [0.25, 0.3) is 0 Å². The van der Waals surface area contributed by atoms with E-state index < -0.39 is 36.8 Å². The number of fused-ring (bicyclic) bond motifs is 2. The maximum atomic E-state index is 13.1. The molecule has 0 bridgehead atoms. The lowest BCUT2D eigenvalue weighted by Gasteiger charge is -2.43. The van der Waals surface area contributed by atoms with Crippen LogP contribution in [0.25, 0.3) is 0 Å². The highest BCUT2D eigenvalue weighted by Gasteiger charge is 2.56. The second-order valence-electron chi connectivity index (χ2n) is 18.5. The zero-order valence-electron chi connectivity index (χ0n) is 40.0. The van der Waals surface area contributed by atoms with Crippen molar-refractivity contribution in [3.63, 3.8) is 0 Å². The van der Waals surface area contributed by atoms with Crippen molar-refractivity contribution < 1.29 is 70.5 Å². The molecule has 15 heteroatoms. The highest BCUT2D eigenvalue weighted by atomic mass is 19.4. The summed E-state index contributed by atoms with van der Waals surface area (Å²) in [7, 11) is 3.21. The van der Waals surface area contributed by atoms with E-state index in [0.717, 1.165) is 78.9 Å². The molecule has 0 saturated heterocycles. The minimum Gasteiger partial charge on any atom is -0.508 e. The number of allylic oxidation sites excluding steroid dienone is 1. The molecule has 0 radical (unpaired) electrons. The quantitative estimate of drug-likeness (QED) is 0.0270. The summed E-state index contributed by atoms with van der Waals surface area (Å²) in [5.41, 5.74) is 3.92. The van der Waals surface area contributed by atoms with Crippen LogP contribution in [0.1, 0.15) is 125 Å². The average molecular weight is 971 g/mol. The summed E-state index contributed by atoms with van der Waals surface area (Å²) in [4.78, 5) is 11.4. The van der Waals surface area contributed by atoms with E-state index in [1.807, 2.05) is 48.5 Å². The van der Waals surface area contributed by atoms with E-state index in [0.29, 0.717) is 25.4 Å². The van der Waals surface area contributed by atoms with Gasteiger partial charge in [0.15, 0.2) is 13.6 Å². The molecule has 0 saturated carbocycles. The number of ether oxygens (including phenoxy) is 6. The number of carboxylic acids is 1. The number of hydrogen-bond donors (Lipinski definition) is 3. The number of carbonyl (C=O) groups is 1. The van der Waals surface area contributed by atoms with Gasteiger partial charge >= 0.3 is 18.1 Å². The molecule has 4 aromatic carbocycles. The van der Waals surface area contributed by atoms with Crippen LogP contribution in [0.4, 0.5) is 22.0 Å². The Balaban J connectivity index is 0.000000276. The van der Waals surface area contributed by atoms with Crippen molar-refractivity contribution in [2.45, 2.75) is 126 Å². The van der Waals surface area contributed by atoms with Gasteiger partial charge in [-0.1, -0.05) is 94.8 Å². The molecule has 0 fully saturated rings. The second-order valence-corrected chi connectivity index (χ2v) is 18.5. The lowest BCUT2D eigenvalue weighted by Crippen LogP contribution is -2.40. The van der Waals surface area contributed by atoms with E-state index in [1.165, 1.54) is 5.56 Å². The van der Waals surface area contributed by atoms with E-state index in [1.54, 1.807) is 38.5 Å². The summed E-state index contributed by atoms with van der Waals surface area (Å²) in [5, 5.41) is 29.0. The number of unbranched alkanes of at least 4 members (excludes halogenated alkanes) is 5. The third-order valence-corrected chi connectivity index (χ3v) is 13.6. The van der Waals surface area contributed by atoms with Crippen LogP contribution in [-0.2, 0) is 25.1 Å². The first-order valence-electron chi connectivity index (χ1n) is 23.5. The topological polar surface area (TPSA) is 133 Å². The number of phenols is 2. The number of hydrogen-bond acceptors (Lipinski definition) is 9. The van der Waals surface area contributed by atoms with Gasteiger partial charge in [-0.25, -0.2) is 0 Å². The molecule has 6 rings (SSSR count). The number of methoxy groups -OCH3 is 2. The van der Waals surface area contributed by atoms with Gasteiger partial charge in [-0.3, -0.25) is 4.79 Å². The molecule has 2 aliphatic rings. The molecular formula is C54H67F5O10. The summed E-state index contributed by atoms with van der Waals surface area (Å²) < 4.78 is 96.4. The predicted molar refractivity (Wildman–Crippen MR) is 253 cm³/mol. The number of rotatable bonds is 24.